The molecule has 0 radical (unpaired) electrons. The second-order valence-electron chi connectivity index (χ2n) is 5.38. The highest BCUT2D eigenvalue weighted by atomic mass is 16.4. The van der Waals surface area contributed by atoms with Crippen molar-refractivity contribution in [1.29, 1.82) is 0 Å². The summed E-state index contributed by atoms with van der Waals surface area (Å²) in [4.78, 5) is 38.0. The first-order chi connectivity index (χ1) is 9.56. The zero-order valence-corrected chi connectivity index (χ0v) is 11.5. The van der Waals surface area contributed by atoms with Crippen molar-refractivity contribution in [3.8, 4) is 0 Å². The number of rotatable bonds is 3. The number of hydrogen-bond donors (Lipinski definition) is 2. The first-order valence-electron chi connectivity index (χ1n) is 7.11. The monoisotopic (exact) mass is 283 g/mol. The van der Waals surface area contributed by atoms with Crippen LogP contribution in [-0.2, 0) is 9.59 Å². The second-order valence-corrected chi connectivity index (χ2v) is 5.38. The molecule has 0 aromatic rings. The van der Waals surface area contributed by atoms with Crippen LogP contribution in [0.2, 0.25) is 0 Å². The van der Waals surface area contributed by atoms with E-state index in [0.29, 0.717) is 19.1 Å². The molecule has 0 bridgehead atoms. The molecule has 0 saturated carbocycles. The fourth-order valence-corrected chi connectivity index (χ4v) is 2.87. The van der Waals surface area contributed by atoms with Crippen LogP contribution in [0.5, 0.6) is 0 Å². The summed E-state index contributed by atoms with van der Waals surface area (Å²) < 4.78 is 0. The fourth-order valence-electron chi connectivity index (χ4n) is 2.87. The van der Waals surface area contributed by atoms with Gasteiger partial charge in [-0.05, 0) is 25.8 Å². The number of urea groups is 1. The van der Waals surface area contributed by atoms with Gasteiger partial charge in [-0.1, -0.05) is 0 Å². The lowest BCUT2D eigenvalue weighted by atomic mass is 10.2. The maximum Gasteiger partial charge on any atom is 0.324 e. The molecular formula is C13H21N3O4. The molecule has 0 aliphatic carbocycles. The largest absolute Gasteiger partial charge is 0.481 e. The summed E-state index contributed by atoms with van der Waals surface area (Å²) in [5, 5.41) is 10.8. The first kappa shape index (κ1) is 14.8. The molecule has 3 amide bonds. The molecule has 1 atom stereocenters. The van der Waals surface area contributed by atoms with E-state index in [9.17, 15) is 14.4 Å². The highest BCUT2D eigenvalue weighted by molar-refractivity contribution is 5.95. The molecule has 0 aromatic carbocycles. The van der Waals surface area contributed by atoms with E-state index >= 15 is 0 Å². The van der Waals surface area contributed by atoms with Crippen molar-refractivity contribution >= 4 is 17.9 Å². The predicted molar refractivity (Wildman–Crippen MR) is 71.2 cm³/mol. The van der Waals surface area contributed by atoms with Crippen molar-refractivity contribution in [2.45, 2.75) is 38.1 Å². The van der Waals surface area contributed by atoms with Gasteiger partial charge in [0, 0.05) is 32.1 Å². The number of fused-ring (bicyclic) bond motifs is 1. The predicted octanol–water partition coefficient (Wildman–Crippen LogP) is 0.258. The molecule has 1 unspecified atom stereocenters. The van der Waals surface area contributed by atoms with Crippen LogP contribution < -0.4 is 5.32 Å². The standard InChI is InChI=1S/C13H21N3O4/c17-11(4-5-12(18)19)14-13(20)16-8-2-7-15-6-1-3-10(15)9-16/h10H,1-9H2,(H,18,19)(H,14,17,20). The summed E-state index contributed by atoms with van der Waals surface area (Å²) >= 11 is 0. The number of nitrogens with zero attached hydrogens (tertiary/aromatic N) is 2. The smallest absolute Gasteiger partial charge is 0.324 e. The Morgan fingerprint density at radius 1 is 1.10 bits per heavy atom. The topological polar surface area (TPSA) is 89.9 Å². The van der Waals surface area contributed by atoms with E-state index in [4.69, 9.17) is 5.11 Å². The Bertz CT molecular complexity index is 399. The lowest BCUT2D eigenvalue weighted by Gasteiger charge is -2.25. The van der Waals surface area contributed by atoms with Crippen LogP contribution in [0.4, 0.5) is 4.79 Å². The van der Waals surface area contributed by atoms with Crippen molar-refractivity contribution in [2.24, 2.45) is 0 Å². The van der Waals surface area contributed by atoms with Gasteiger partial charge in [-0.15, -0.1) is 0 Å². The number of carboxylic acids is 1. The Kier molecular flexibility index (Phi) is 4.94. The summed E-state index contributed by atoms with van der Waals surface area (Å²) in [6.45, 7) is 3.39. The molecule has 0 aromatic heterocycles. The molecule has 2 aliphatic heterocycles. The van der Waals surface area contributed by atoms with Crippen LogP contribution in [0, 0.1) is 0 Å². The van der Waals surface area contributed by atoms with Gasteiger partial charge in [0.2, 0.25) is 5.91 Å². The molecule has 7 nitrogen and oxygen atoms in total. The molecule has 112 valence electrons. The van der Waals surface area contributed by atoms with Gasteiger partial charge in [0.25, 0.3) is 0 Å². The number of amides is 3. The number of nitrogens with one attached hydrogen (secondary N) is 1. The normalized spacial score (nSPS) is 23.0. The van der Waals surface area contributed by atoms with E-state index in [1.165, 1.54) is 0 Å². The van der Waals surface area contributed by atoms with Crippen LogP contribution >= 0.6 is 0 Å². The van der Waals surface area contributed by atoms with Gasteiger partial charge in [0.1, 0.15) is 0 Å². The summed E-state index contributed by atoms with van der Waals surface area (Å²) in [6, 6.07) is 0.00603. The number of imide groups is 1. The average Bonchev–Trinajstić information content (AvgIpc) is 2.73. The lowest BCUT2D eigenvalue weighted by Crippen LogP contribution is -2.46. The van der Waals surface area contributed by atoms with Gasteiger partial charge in [0.15, 0.2) is 0 Å². The average molecular weight is 283 g/mol. The Morgan fingerprint density at radius 3 is 2.60 bits per heavy atom. The summed E-state index contributed by atoms with van der Waals surface area (Å²) in [5.41, 5.74) is 0. The molecule has 0 spiro atoms. The molecule has 2 aliphatic rings. The van der Waals surface area contributed by atoms with Gasteiger partial charge >= 0.3 is 12.0 Å². The van der Waals surface area contributed by atoms with Crippen molar-refractivity contribution in [3.05, 3.63) is 0 Å². The van der Waals surface area contributed by atoms with E-state index in [0.717, 1.165) is 32.4 Å². The second kappa shape index (κ2) is 6.69. The van der Waals surface area contributed by atoms with E-state index in [2.05, 4.69) is 10.2 Å². The van der Waals surface area contributed by atoms with Crippen LogP contribution in [0.3, 0.4) is 0 Å². The molecule has 2 saturated heterocycles. The molecule has 2 fully saturated rings. The van der Waals surface area contributed by atoms with Crippen molar-refractivity contribution in [1.82, 2.24) is 15.1 Å². The molecule has 7 heteroatoms. The van der Waals surface area contributed by atoms with Gasteiger partial charge < -0.3 is 10.0 Å². The zero-order chi connectivity index (χ0) is 14.5. The Hall–Kier alpha value is -1.63. The molecule has 2 heterocycles. The van der Waals surface area contributed by atoms with Crippen molar-refractivity contribution < 1.29 is 19.5 Å². The maximum atomic E-state index is 12.0. The Labute approximate surface area is 117 Å². The zero-order valence-electron chi connectivity index (χ0n) is 11.5. The van der Waals surface area contributed by atoms with Gasteiger partial charge in [-0.25, -0.2) is 4.79 Å². The van der Waals surface area contributed by atoms with E-state index in [-0.39, 0.29) is 12.8 Å². The maximum absolute atomic E-state index is 12.0. The third kappa shape index (κ3) is 3.93. The van der Waals surface area contributed by atoms with Gasteiger partial charge in [-0.3, -0.25) is 19.8 Å². The highest BCUT2D eigenvalue weighted by Gasteiger charge is 2.30. The molecule has 20 heavy (non-hydrogen) atoms. The lowest BCUT2D eigenvalue weighted by molar-refractivity contribution is -0.138. The van der Waals surface area contributed by atoms with Crippen LogP contribution in [-0.4, -0.2) is 65.0 Å². The van der Waals surface area contributed by atoms with Crippen molar-refractivity contribution in [3.63, 3.8) is 0 Å². The Morgan fingerprint density at radius 2 is 1.85 bits per heavy atom. The third-order valence-corrected chi connectivity index (χ3v) is 3.90. The van der Waals surface area contributed by atoms with Crippen LogP contribution in [0.1, 0.15) is 32.1 Å². The molecule has 2 N–H and O–H groups in total. The minimum atomic E-state index is -1.04. The Balaban J connectivity index is 1.82. The first-order valence-corrected chi connectivity index (χ1v) is 7.11. The summed E-state index contributed by atoms with van der Waals surface area (Å²) in [5.74, 6) is -1.56. The fraction of sp³-hybridized carbons (Fsp3) is 0.769. The van der Waals surface area contributed by atoms with Crippen molar-refractivity contribution in [2.75, 3.05) is 26.2 Å². The quantitative estimate of drug-likeness (QED) is 0.775. The minimum absolute atomic E-state index is 0.162. The SMILES string of the molecule is O=C(O)CCC(=O)NC(=O)N1CCCN2CCCC2C1. The number of carboxylic acid groups (broad SMARTS) is 1. The number of aliphatic carboxylic acids is 1. The van der Waals surface area contributed by atoms with E-state index in [1.54, 1.807) is 4.90 Å². The molecule has 2 rings (SSSR count). The highest BCUT2D eigenvalue weighted by Crippen LogP contribution is 2.21. The number of carbonyl (C=O) groups is 3. The summed E-state index contributed by atoms with van der Waals surface area (Å²) in [7, 11) is 0. The minimum Gasteiger partial charge on any atom is -0.481 e. The third-order valence-electron chi connectivity index (χ3n) is 3.90. The van der Waals surface area contributed by atoms with Gasteiger partial charge in [0.05, 0.1) is 6.42 Å². The van der Waals surface area contributed by atoms with E-state index in [1.807, 2.05) is 0 Å². The summed E-state index contributed by atoms with van der Waals surface area (Å²) in [6.07, 6.45) is 2.75. The number of carbonyl (C=O) groups excluding carboxylic acids is 2. The molecular weight excluding hydrogens is 262 g/mol. The number of hydrogen-bond acceptors (Lipinski definition) is 4. The van der Waals surface area contributed by atoms with Gasteiger partial charge in [-0.2, -0.15) is 0 Å². The van der Waals surface area contributed by atoms with E-state index < -0.39 is 17.9 Å². The van der Waals surface area contributed by atoms with Crippen LogP contribution in [0.15, 0.2) is 0 Å². The van der Waals surface area contributed by atoms with Crippen LogP contribution in [0.25, 0.3) is 0 Å².